The third-order valence-electron chi connectivity index (χ3n) is 3.02. The van der Waals surface area contributed by atoms with Crippen molar-refractivity contribution in [1.29, 1.82) is 0 Å². The smallest absolute Gasteiger partial charge is 0.306 e. The van der Waals surface area contributed by atoms with Crippen LogP contribution in [-0.2, 0) is 22.6 Å². The van der Waals surface area contributed by atoms with E-state index >= 15 is 0 Å². The third kappa shape index (κ3) is 5.03. The number of aryl methyl sites for hydroxylation is 2. The molecular weight excluding hydrogens is 318 g/mol. The predicted molar refractivity (Wildman–Crippen MR) is 88.5 cm³/mol. The normalized spacial score (nSPS) is 10.6. The highest BCUT2D eigenvalue weighted by Gasteiger charge is 2.12. The highest BCUT2D eigenvalue weighted by Crippen LogP contribution is 2.18. The molecule has 118 valence electrons. The minimum Gasteiger partial charge on any atom is -0.459 e. The van der Waals surface area contributed by atoms with Crippen LogP contribution >= 0.6 is 22.7 Å². The Balaban J connectivity index is 1.72. The summed E-state index contributed by atoms with van der Waals surface area (Å²) in [4.78, 5) is 29.8. The molecule has 0 aliphatic heterocycles. The van der Waals surface area contributed by atoms with Crippen LogP contribution in [0.2, 0.25) is 0 Å². The van der Waals surface area contributed by atoms with Gasteiger partial charge in [-0.3, -0.25) is 9.59 Å². The van der Waals surface area contributed by atoms with E-state index in [1.54, 1.807) is 17.4 Å². The van der Waals surface area contributed by atoms with Crippen LogP contribution < -0.4 is 0 Å². The van der Waals surface area contributed by atoms with Crippen molar-refractivity contribution in [2.24, 2.45) is 0 Å². The van der Waals surface area contributed by atoms with E-state index in [1.165, 1.54) is 11.3 Å². The summed E-state index contributed by atoms with van der Waals surface area (Å²) in [7, 11) is 0. The fourth-order valence-corrected chi connectivity index (χ4v) is 3.61. The molecule has 0 unspecified atom stereocenters. The van der Waals surface area contributed by atoms with Gasteiger partial charge in [-0.15, -0.1) is 22.7 Å². The monoisotopic (exact) mass is 337 g/mol. The van der Waals surface area contributed by atoms with Crippen LogP contribution in [0.3, 0.4) is 0 Å². The van der Waals surface area contributed by atoms with Crippen molar-refractivity contribution in [3.8, 4) is 0 Å². The molecule has 0 radical (unpaired) electrons. The number of hydrogen-bond acceptors (Lipinski definition) is 6. The van der Waals surface area contributed by atoms with Gasteiger partial charge >= 0.3 is 5.97 Å². The van der Waals surface area contributed by atoms with E-state index < -0.39 is 0 Å². The zero-order chi connectivity index (χ0) is 15.9. The third-order valence-corrected chi connectivity index (χ3v) is 5.01. The second kappa shape index (κ2) is 8.19. The Morgan fingerprint density at radius 3 is 2.77 bits per heavy atom. The van der Waals surface area contributed by atoms with E-state index in [9.17, 15) is 9.59 Å². The molecule has 0 fully saturated rings. The van der Waals surface area contributed by atoms with Crippen molar-refractivity contribution < 1.29 is 14.3 Å². The van der Waals surface area contributed by atoms with Gasteiger partial charge in [-0.05, 0) is 31.9 Å². The van der Waals surface area contributed by atoms with Crippen LogP contribution in [0.25, 0.3) is 0 Å². The van der Waals surface area contributed by atoms with Crippen LogP contribution in [0.5, 0.6) is 0 Å². The first-order valence-corrected chi connectivity index (χ1v) is 8.96. The number of esters is 1. The second-order valence-corrected chi connectivity index (χ2v) is 7.21. The van der Waals surface area contributed by atoms with Gasteiger partial charge in [0.25, 0.3) is 0 Å². The summed E-state index contributed by atoms with van der Waals surface area (Å²) in [6.07, 6.45) is 2.31. The molecule has 0 saturated heterocycles. The number of Topliss-reactive ketones (excluding diaryl/α,β-unsaturated/α-hetero) is 1. The van der Waals surface area contributed by atoms with Crippen LogP contribution in [0.4, 0.5) is 0 Å². The van der Waals surface area contributed by atoms with Gasteiger partial charge in [0.05, 0.1) is 22.0 Å². The molecule has 22 heavy (non-hydrogen) atoms. The number of aromatic nitrogens is 1. The lowest BCUT2D eigenvalue weighted by Crippen LogP contribution is -2.07. The Kier molecular flexibility index (Phi) is 6.27. The molecule has 4 nitrogen and oxygen atoms in total. The SMILES string of the molecule is CCCc1nc(COC(=O)CCC(=O)c2ccc(C)s2)cs1. The number of carbonyl (C=O) groups is 2. The van der Waals surface area contributed by atoms with Gasteiger partial charge < -0.3 is 4.74 Å². The average Bonchev–Trinajstić information content (AvgIpc) is 3.12. The Hall–Kier alpha value is -1.53. The van der Waals surface area contributed by atoms with Crippen molar-refractivity contribution in [3.63, 3.8) is 0 Å². The minimum absolute atomic E-state index is 0.00561. The summed E-state index contributed by atoms with van der Waals surface area (Å²) in [6.45, 7) is 4.24. The van der Waals surface area contributed by atoms with E-state index in [-0.39, 0.29) is 31.2 Å². The fraction of sp³-hybridized carbons (Fsp3) is 0.438. The standard InChI is InChI=1S/C16H19NO3S2/c1-3-4-15-17-12(10-21-15)9-20-16(19)8-6-13(18)14-7-5-11(2)22-14/h5,7,10H,3-4,6,8-9H2,1-2H3. The molecule has 2 rings (SSSR count). The molecule has 0 aliphatic carbocycles. The minimum atomic E-state index is -0.355. The molecule has 2 aromatic heterocycles. The quantitative estimate of drug-likeness (QED) is 0.536. The molecule has 0 atom stereocenters. The van der Waals surface area contributed by atoms with E-state index in [0.717, 1.165) is 28.4 Å². The van der Waals surface area contributed by atoms with Crippen molar-refractivity contribution in [2.75, 3.05) is 0 Å². The number of carbonyl (C=O) groups excluding carboxylic acids is 2. The number of ether oxygens (including phenoxy) is 1. The highest BCUT2D eigenvalue weighted by molar-refractivity contribution is 7.14. The molecule has 0 aromatic carbocycles. The molecule has 0 spiro atoms. The van der Waals surface area contributed by atoms with Gasteiger partial charge in [-0.2, -0.15) is 0 Å². The zero-order valence-corrected chi connectivity index (χ0v) is 14.4. The van der Waals surface area contributed by atoms with E-state index in [0.29, 0.717) is 4.88 Å². The first-order chi connectivity index (χ1) is 10.6. The maximum absolute atomic E-state index is 11.9. The lowest BCUT2D eigenvalue weighted by atomic mass is 10.2. The van der Waals surface area contributed by atoms with Crippen molar-refractivity contribution in [1.82, 2.24) is 4.98 Å². The summed E-state index contributed by atoms with van der Waals surface area (Å²) >= 11 is 3.04. The Labute approximate surface area is 138 Å². The molecule has 0 amide bonds. The number of nitrogens with zero attached hydrogens (tertiary/aromatic N) is 1. The maximum Gasteiger partial charge on any atom is 0.306 e. The molecule has 0 bridgehead atoms. The second-order valence-electron chi connectivity index (χ2n) is 4.98. The van der Waals surface area contributed by atoms with Crippen LogP contribution in [-0.4, -0.2) is 16.7 Å². The average molecular weight is 337 g/mol. The van der Waals surface area contributed by atoms with Crippen molar-refractivity contribution in [3.05, 3.63) is 38.0 Å². The molecule has 2 aromatic rings. The Morgan fingerprint density at radius 1 is 1.27 bits per heavy atom. The first-order valence-electron chi connectivity index (χ1n) is 7.27. The first kappa shape index (κ1) is 16.8. The lowest BCUT2D eigenvalue weighted by molar-refractivity contribution is -0.145. The summed E-state index contributed by atoms with van der Waals surface area (Å²) in [6, 6.07) is 3.71. The van der Waals surface area contributed by atoms with Gasteiger partial charge in [0.2, 0.25) is 0 Å². The van der Waals surface area contributed by atoms with E-state index in [2.05, 4.69) is 11.9 Å². The van der Waals surface area contributed by atoms with Gasteiger partial charge in [-0.1, -0.05) is 6.92 Å². The number of thiazole rings is 1. The molecule has 0 N–H and O–H groups in total. The molecule has 0 saturated carbocycles. The van der Waals surface area contributed by atoms with E-state index in [4.69, 9.17) is 4.74 Å². The molecule has 0 aliphatic rings. The van der Waals surface area contributed by atoms with Crippen LogP contribution in [0.15, 0.2) is 17.5 Å². The summed E-state index contributed by atoms with van der Waals surface area (Å²) < 4.78 is 5.17. The van der Waals surface area contributed by atoms with Crippen molar-refractivity contribution >= 4 is 34.4 Å². The summed E-state index contributed by atoms with van der Waals surface area (Å²) in [5.41, 5.74) is 0.780. The number of thiophene rings is 1. The highest BCUT2D eigenvalue weighted by atomic mass is 32.1. The van der Waals surface area contributed by atoms with Gasteiger partial charge in [0.15, 0.2) is 5.78 Å². The predicted octanol–water partition coefficient (Wildman–Crippen LogP) is 4.17. The molecular formula is C16H19NO3S2. The Morgan fingerprint density at radius 2 is 2.09 bits per heavy atom. The number of rotatable bonds is 8. The maximum atomic E-state index is 11.9. The molecule has 6 heteroatoms. The van der Waals surface area contributed by atoms with Crippen LogP contribution in [0.1, 0.15) is 51.4 Å². The summed E-state index contributed by atoms with van der Waals surface area (Å²) in [5, 5.41) is 2.98. The van der Waals surface area contributed by atoms with Crippen LogP contribution in [0, 0.1) is 6.92 Å². The fourth-order valence-electron chi connectivity index (χ4n) is 1.89. The van der Waals surface area contributed by atoms with Crippen molar-refractivity contribution in [2.45, 2.75) is 46.1 Å². The lowest BCUT2D eigenvalue weighted by Gasteiger charge is -2.02. The Bertz CT molecular complexity index is 645. The summed E-state index contributed by atoms with van der Waals surface area (Å²) in [5.74, 6) is -0.361. The number of hydrogen-bond donors (Lipinski definition) is 0. The zero-order valence-electron chi connectivity index (χ0n) is 12.8. The largest absolute Gasteiger partial charge is 0.459 e. The van der Waals surface area contributed by atoms with Gasteiger partial charge in [0.1, 0.15) is 6.61 Å². The van der Waals surface area contributed by atoms with Gasteiger partial charge in [-0.25, -0.2) is 4.98 Å². The topological polar surface area (TPSA) is 56.3 Å². The number of ketones is 1. The van der Waals surface area contributed by atoms with E-state index in [1.807, 2.05) is 18.4 Å². The van der Waals surface area contributed by atoms with Gasteiger partial charge in [0, 0.05) is 16.7 Å². The molecule has 2 heterocycles.